The Kier molecular flexibility index (Phi) is 4.91. The fourth-order valence-corrected chi connectivity index (χ4v) is 2.01. The predicted molar refractivity (Wildman–Crippen MR) is 80.4 cm³/mol. The van der Waals surface area contributed by atoms with Gasteiger partial charge in [-0.1, -0.05) is 54.1 Å². The van der Waals surface area contributed by atoms with Crippen LogP contribution < -0.4 is 5.32 Å². The minimum atomic E-state index is -4.45. The number of nitrogens with one attached hydrogen (secondary N) is 1. The Morgan fingerprint density at radius 1 is 1.05 bits per heavy atom. The second kappa shape index (κ2) is 6.68. The highest BCUT2D eigenvalue weighted by Crippen LogP contribution is 2.36. The summed E-state index contributed by atoms with van der Waals surface area (Å²) in [5, 5.41) is 2.61. The molecule has 0 saturated carbocycles. The average molecular weight is 312 g/mol. The van der Waals surface area contributed by atoms with Gasteiger partial charge in [-0.05, 0) is 23.8 Å². The van der Waals surface area contributed by atoms with Crippen molar-refractivity contribution in [1.29, 1.82) is 0 Å². The summed E-state index contributed by atoms with van der Waals surface area (Å²) in [6.07, 6.45) is -0.709. The Morgan fingerprint density at radius 2 is 1.76 bits per heavy atom. The Bertz CT molecular complexity index is 621. The first kappa shape index (κ1) is 15.4. The molecule has 0 radical (unpaired) electrons. The molecular formula is C16H13ClF3N. The molecule has 2 aromatic rings. The quantitative estimate of drug-likeness (QED) is 0.788. The highest BCUT2D eigenvalue weighted by molar-refractivity contribution is 6.31. The molecule has 0 unspecified atom stereocenters. The number of anilines is 1. The molecule has 0 aliphatic rings. The molecular weight excluding hydrogens is 299 g/mol. The standard InChI is InChI=1S/C16H13ClF3N/c17-15-9-8-13(11-14(15)16(18,19)20)21-10-4-7-12-5-2-1-3-6-12/h1-9,11,21H,10H2/b7-4+. The van der Waals surface area contributed by atoms with Crippen LogP contribution in [0.15, 0.2) is 54.6 Å². The van der Waals surface area contributed by atoms with Crippen LogP contribution in [0.4, 0.5) is 18.9 Å². The van der Waals surface area contributed by atoms with Gasteiger partial charge in [0, 0.05) is 12.2 Å². The van der Waals surface area contributed by atoms with Crippen LogP contribution in [0.5, 0.6) is 0 Å². The normalized spacial score (nSPS) is 11.8. The zero-order chi connectivity index (χ0) is 15.3. The molecule has 0 saturated heterocycles. The van der Waals surface area contributed by atoms with E-state index in [4.69, 9.17) is 11.6 Å². The zero-order valence-electron chi connectivity index (χ0n) is 11.0. The number of hydrogen-bond donors (Lipinski definition) is 1. The molecule has 0 aromatic heterocycles. The van der Waals surface area contributed by atoms with E-state index in [1.54, 1.807) is 0 Å². The first-order valence-electron chi connectivity index (χ1n) is 6.29. The van der Waals surface area contributed by atoms with Crippen molar-refractivity contribution in [2.75, 3.05) is 11.9 Å². The summed E-state index contributed by atoms with van der Waals surface area (Å²) in [6, 6.07) is 13.4. The van der Waals surface area contributed by atoms with Gasteiger partial charge in [-0.15, -0.1) is 0 Å². The van der Waals surface area contributed by atoms with Crippen molar-refractivity contribution >= 4 is 23.4 Å². The van der Waals surface area contributed by atoms with Crippen LogP contribution in [0.25, 0.3) is 6.08 Å². The summed E-state index contributed by atoms with van der Waals surface area (Å²) in [5.74, 6) is 0. The van der Waals surface area contributed by atoms with Crippen LogP contribution in [0.1, 0.15) is 11.1 Å². The molecule has 1 nitrogen and oxygen atoms in total. The third kappa shape index (κ3) is 4.53. The zero-order valence-corrected chi connectivity index (χ0v) is 11.7. The average Bonchev–Trinajstić information content (AvgIpc) is 2.45. The minimum Gasteiger partial charge on any atom is -0.382 e. The summed E-state index contributed by atoms with van der Waals surface area (Å²) in [4.78, 5) is 0. The van der Waals surface area contributed by atoms with Gasteiger partial charge >= 0.3 is 6.18 Å². The number of benzene rings is 2. The molecule has 0 aliphatic carbocycles. The van der Waals surface area contributed by atoms with Gasteiger partial charge in [0.05, 0.1) is 10.6 Å². The van der Waals surface area contributed by atoms with E-state index >= 15 is 0 Å². The second-order valence-electron chi connectivity index (χ2n) is 4.39. The molecule has 2 aromatic carbocycles. The summed E-state index contributed by atoms with van der Waals surface area (Å²) in [6.45, 7) is 0.424. The number of alkyl halides is 3. The van der Waals surface area contributed by atoms with Crippen LogP contribution >= 0.6 is 11.6 Å². The Labute approximate surface area is 126 Å². The third-order valence-electron chi connectivity index (χ3n) is 2.81. The van der Waals surface area contributed by atoms with Crippen molar-refractivity contribution in [1.82, 2.24) is 0 Å². The van der Waals surface area contributed by atoms with E-state index in [0.717, 1.165) is 11.6 Å². The van der Waals surface area contributed by atoms with E-state index in [0.29, 0.717) is 12.2 Å². The Morgan fingerprint density at radius 3 is 2.43 bits per heavy atom. The summed E-state index contributed by atoms with van der Waals surface area (Å²) < 4.78 is 38.1. The molecule has 1 N–H and O–H groups in total. The molecule has 2 rings (SSSR count). The lowest BCUT2D eigenvalue weighted by molar-refractivity contribution is -0.137. The molecule has 0 heterocycles. The Balaban J connectivity index is 1.99. The van der Waals surface area contributed by atoms with Gasteiger partial charge in [0.25, 0.3) is 0 Å². The highest BCUT2D eigenvalue weighted by Gasteiger charge is 2.33. The molecule has 0 bridgehead atoms. The molecule has 0 aliphatic heterocycles. The lowest BCUT2D eigenvalue weighted by Crippen LogP contribution is -2.07. The van der Waals surface area contributed by atoms with E-state index < -0.39 is 11.7 Å². The van der Waals surface area contributed by atoms with E-state index in [1.165, 1.54) is 12.1 Å². The lowest BCUT2D eigenvalue weighted by Gasteiger charge is -2.11. The van der Waals surface area contributed by atoms with Crippen molar-refractivity contribution in [3.63, 3.8) is 0 Å². The summed E-state index contributed by atoms with van der Waals surface area (Å²) >= 11 is 5.56. The predicted octanol–water partition coefficient (Wildman–Crippen LogP) is 5.48. The summed E-state index contributed by atoms with van der Waals surface area (Å²) in [5.41, 5.74) is 0.581. The van der Waals surface area contributed by atoms with Gasteiger partial charge in [0.15, 0.2) is 0 Å². The van der Waals surface area contributed by atoms with Crippen LogP contribution in [0.3, 0.4) is 0 Å². The third-order valence-corrected chi connectivity index (χ3v) is 3.14. The van der Waals surface area contributed by atoms with Crippen molar-refractivity contribution < 1.29 is 13.2 Å². The van der Waals surface area contributed by atoms with Gasteiger partial charge in [-0.2, -0.15) is 13.2 Å². The molecule has 0 spiro atoms. The van der Waals surface area contributed by atoms with E-state index in [2.05, 4.69) is 5.32 Å². The lowest BCUT2D eigenvalue weighted by atomic mass is 10.2. The molecule has 5 heteroatoms. The Hall–Kier alpha value is -1.94. The first-order valence-corrected chi connectivity index (χ1v) is 6.67. The van der Waals surface area contributed by atoms with Gasteiger partial charge in [0.1, 0.15) is 0 Å². The van der Waals surface area contributed by atoms with Gasteiger partial charge in [0.2, 0.25) is 0 Å². The van der Waals surface area contributed by atoms with Crippen LogP contribution in [-0.4, -0.2) is 6.54 Å². The van der Waals surface area contributed by atoms with Crippen molar-refractivity contribution in [2.45, 2.75) is 6.18 Å². The highest BCUT2D eigenvalue weighted by atomic mass is 35.5. The van der Waals surface area contributed by atoms with Crippen LogP contribution in [-0.2, 0) is 6.18 Å². The maximum absolute atomic E-state index is 12.7. The molecule has 0 atom stereocenters. The second-order valence-corrected chi connectivity index (χ2v) is 4.79. The van der Waals surface area contributed by atoms with Crippen molar-refractivity contribution in [3.8, 4) is 0 Å². The monoisotopic (exact) mass is 311 g/mol. The maximum Gasteiger partial charge on any atom is 0.417 e. The van der Waals surface area contributed by atoms with E-state index in [9.17, 15) is 13.2 Å². The minimum absolute atomic E-state index is 0.298. The molecule has 21 heavy (non-hydrogen) atoms. The first-order chi connectivity index (χ1) is 9.97. The van der Waals surface area contributed by atoms with E-state index in [1.807, 2.05) is 42.5 Å². The topological polar surface area (TPSA) is 12.0 Å². The molecule has 110 valence electrons. The fraction of sp³-hybridized carbons (Fsp3) is 0.125. The van der Waals surface area contributed by atoms with Gasteiger partial charge in [-0.3, -0.25) is 0 Å². The smallest absolute Gasteiger partial charge is 0.382 e. The van der Waals surface area contributed by atoms with Crippen LogP contribution in [0.2, 0.25) is 5.02 Å². The summed E-state index contributed by atoms with van der Waals surface area (Å²) in [7, 11) is 0. The number of rotatable bonds is 4. The van der Waals surface area contributed by atoms with Crippen LogP contribution in [0, 0.1) is 0 Å². The van der Waals surface area contributed by atoms with E-state index in [-0.39, 0.29) is 5.02 Å². The van der Waals surface area contributed by atoms with Crippen molar-refractivity contribution in [3.05, 3.63) is 70.8 Å². The van der Waals surface area contributed by atoms with Gasteiger partial charge in [-0.25, -0.2) is 0 Å². The SMILES string of the molecule is FC(F)(F)c1cc(NC/C=C/c2ccccc2)ccc1Cl. The molecule has 0 fully saturated rings. The fourth-order valence-electron chi connectivity index (χ4n) is 1.79. The maximum atomic E-state index is 12.7. The number of hydrogen-bond acceptors (Lipinski definition) is 1. The number of halogens is 4. The van der Waals surface area contributed by atoms with Crippen molar-refractivity contribution in [2.24, 2.45) is 0 Å². The molecule has 0 amide bonds. The van der Waals surface area contributed by atoms with Gasteiger partial charge < -0.3 is 5.32 Å². The largest absolute Gasteiger partial charge is 0.417 e.